The number of hydrogen-bond acceptors (Lipinski definition) is 6. The number of carbonyl (C=O) groups excluding carboxylic acids is 1. The lowest BCUT2D eigenvalue weighted by Gasteiger charge is -2.30. The van der Waals surface area contributed by atoms with Gasteiger partial charge in [-0.25, -0.2) is 0 Å². The largest absolute Gasteiger partial charge is 0.756 e. The molecule has 0 saturated heterocycles. The molecule has 0 spiro atoms. The summed E-state index contributed by atoms with van der Waals surface area (Å²) in [7, 11) is 1.31. The Bertz CT molecular complexity index is 839. The topological polar surface area (TPSA) is 108 Å². The van der Waals surface area contributed by atoms with Crippen molar-refractivity contribution >= 4 is 13.7 Å². The summed E-state index contributed by atoms with van der Waals surface area (Å²) in [6.07, 6.45) is 40.3. The van der Waals surface area contributed by atoms with E-state index < -0.39 is 20.0 Å². The van der Waals surface area contributed by atoms with Crippen molar-refractivity contribution < 1.29 is 32.9 Å². The maximum Gasteiger partial charge on any atom is 0.268 e. The first kappa shape index (κ1) is 52.5. The van der Waals surface area contributed by atoms with Gasteiger partial charge in [-0.05, 0) is 12.8 Å². The lowest BCUT2D eigenvalue weighted by molar-refractivity contribution is -0.870. The second-order valence-corrected chi connectivity index (χ2v) is 18.5. The van der Waals surface area contributed by atoms with Gasteiger partial charge in [-0.3, -0.25) is 9.36 Å². The van der Waals surface area contributed by atoms with E-state index in [1.165, 1.54) is 148 Å². The Morgan fingerprint density at radius 3 is 1.28 bits per heavy atom. The molecule has 0 fully saturated rings. The summed E-state index contributed by atoms with van der Waals surface area (Å²) < 4.78 is 23.1. The second-order valence-electron chi connectivity index (χ2n) is 17.1. The van der Waals surface area contributed by atoms with Crippen molar-refractivity contribution in [3.05, 3.63) is 0 Å². The van der Waals surface area contributed by atoms with Crippen molar-refractivity contribution in [3.63, 3.8) is 0 Å². The number of unbranched alkanes of at least 4 members (excludes halogenated alkanes) is 29. The Hall–Kier alpha value is -0.500. The summed E-state index contributed by atoms with van der Waals surface area (Å²) in [5.74, 6) is -0.175. The molecular weight excluding hydrogens is 683 g/mol. The van der Waals surface area contributed by atoms with Gasteiger partial charge in [0.15, 0.2) is 0 Å². The number of carbonyl (C=O) groups is 1. The minimum absolute atomic E-state index is 0.0151. The third-order valence-corrected chi connectivity index (χ3v) is 11.6. The van der Waals surface area contributed by atoms with Gasteiger partial charge in [-0.2, -0.15) is 0 Å². The molecular formula is C44H91N2O6P. The number of aliphatic hydroxyl groups excluding tert-OH is 1. The van der Waals surface area contributed by atoms with Gasteiger partial charge in [0, 0.05) is 6.42 Å². The highest BCUT2D eigenvalue weighted by Crippen LogP contribution is 2.38. The molecule has 0 heterocycles. The van der Waals surface area contributed by atoms with Crippen LogP contribution in [0.5, 0.6) is 0 Å². The number of likely N-dealkylation sites (N-methyl/N-ethyl adjacent to an activating group) is 1. The van der Waals surface area contributed by atoms with E-state index in [4.69, 9.17) is 9.05 Å². The van der Waals surface area contributed by atoms with Crippen molar-refractivity contribution in [2.75, 3.05) is 40.9 Å². The summed E-state index contributed by atoms with van der Waals surface area (Å²) in [5.41, 5.74) is 0. The minimum atomic E-state index is -4.54. The van der Waals surface area contributed by atoms with E-state index in [2.05, 4.69) is 19.2 Å². The summed E-state index contributed by atoms with van der Waals surface area (Å²) in [6, 6.07) is -0.790. The molecule has 0 radical (unpaired) electrons. The number of phosphoric acid groups is 1. The molecule has 3 unspecified atom stereocenters. The third-order valence-electron chi connectivity index (χ3n) is 10.6. The van der Waals surface area contributed by atoms with Crippen LogP contribution in [0.15, 0.2) is 0 Å². The summed E-state index contributed by atoms with van der Waals surface area (Å²) in [4.78, 5) is 25.0. The Balaban J connectivity index is 3.94. The van der Waals surface area contributed by atoms with Gasteiger partial charge >= 0.3 is 0 Å². The van der Waals surface area contributed by atoms with E-state index >= 15 is 0 Å². The van der Waals surface area contributed by atoms with Gasteiger partial charge < -0.3 is 28.8 Å². The number of quaternary nitrogens is 1. The SMILES string of the molecule is CCCCCCCCCCCCCCCCCCCCCCCCCCCCC(O)C(COP(=O)([O-])OCC[N+](C)(C)C)NC(=O)CCCCCCC. The smallest absolute Gasteiger partial charge is 0.268 e. The monoisotopic (exact) mass is 775 g/mol. The van der Waals surface area contributed by atoms with Gasteiger partial charge in [0.1, 0.15) is 13.2 Å². The van der Waals surface area contributed by atoms with E-state index in [-0.39, 0.29) is 19.1 Å². The van der Waals surface area contributed by atoms with Gasteiger partial charge in [0.05, 0.1) is 39.9 Å². The predicted octanol–water partition coefficient (Wildman–Crippen LogP) is 12.0. The van der Waals surface area contributed by atoms with Gasteiger partial charge in [0.25, 0.3) is 7.82 Å². The molecule has 0 aliphatic carbocycles. The van der Waals surface area contributed by atoms with Crippen molar-refractivity contribution in [3.8, 4) is 0 Å². The van der Waals surface area contributed by atoms with E-state index in [1.54, 1.807) is 0 Å². The minimum Gasteiger partial charge on any atom is -0.756 e. The second kappa shape index (κ2) is 37.1. The van der Waals surface area contributed by atoms with Crippen molar-refractivity contribution in [1.29, 1.82) is 0 Å². The Labute approximate surface area is 329 Å². The van der Waals surface area contributed by atoms with Gasteiger partial charge in [-0.15, -0.1) is 0 Å². The van der Waals surface area contributed by atoms with Crippen LogP contribution in [0.4, 0.5) is 0 Å². The molecule has 0 saturated carbocycles. The summed E-state index contributed by atoms with van der Waals surface area (Å²) in [6.45, 7) is 4.65. The molecule has 0 aromatic rings. The number of phosphoric ester groups is 1. The van der Waals surface area contributed by atoms with Crippen LogP contribution < -0.4 is 10.2 Å². The molecule has 8 nitrogen and oxygen atoms in total. The Morgan fingerprint density at radius 2 is 0.925 bits per heavy atom. The Kier molecular flexibility index (Phi) is 36.7. The van der Waals surface area contributed by atoms with Crippen LogP contribution in [0.25, 0.3) is 0 Å². The predicted molar refractivity (Wildman–Crippen MR) is 224 cm³/mol. The fourth-order valence-corrected chi connectivity index (χ4v) is 7.65. The maximum atomic E-state index is 12.6. The van der Waals surface area contributed by atoms with Crippen molar-refractivity contribution in [1.82, 2.24) is 5.32 Å². The van der Waals surface area contributed by atoms with E-state index in [0.717, 1.165) is 51.4 Å². The zero-order valence-corrected chi connectivity index (χ0v) is 36.9. The molecule has 0 aromatic carbocycles. The molecule has 0 aliphatic rings. The standard InChI is InChI=1S/C44H91N2O6P/c1-6-8-10-12-13-14-15-16-17-18-19-20-21-22-23-24-25-26-27-28-29-30-31-32-34-35-37-43(47)42(45-44(48)38-36-33-11-9-7-2)41-52-53(49,50)51-40-39-46(3,4)5/h42-43,47H,6-41H2,1-5H3,(H-,45,48,49,50). The summed E-state index contributed by atoms with van der Waals surface area (Å²) >= 11 is 0. The van der Waals surface area contributed by atoms with Crippen LogP contribution in [0.2, 0.25) is 0 Å². The number of nitrogens with one attached hydrogen (secondary N) is 1. The highest BCUT2D eigenvalue weighted by Gasteiger charge is 2.24. The zero-order chi connectivity index (χ0) is 39.3. The van der Waals surface area contributed by atoms with Crippen LogP contribution in [-0.4, -0.2) is 68.5 Å². The van der Waals surface area contributed by atoms with Gasteiger partial charge in [-0.1, -0.05) is 206 Å². The molecule has 2 N–H and O–H groups in total. The van der Waals surface area contributed by atoms with Gasteiger partial charge in [0.2, 0.25) is 5.91 Å². The Morgan fingerprint density at radius 1 is 0.585 bits per heavy atom. The first-order chi connectivity index (χ1) is 25.5. The third kappa shape index (κ3) is 39.5. The van der Waals surface area contributed by atoms with E-state index in [0.29, 0.717) is 23.9 Å². The van der Waals surface area contributed by atoms with Crippen LogP contribution in [0.3, 0.4) is 0 Å². The highest BCUT2D eigenvalue weighted by molar-refractivity contribution is 7.45. The lowest BCUT2D eigenvalue weighted by Crippen LogP contribution is -2.46. The van der Waals surface area contributed by atoms with Crippen LogP contribution in [-0.2, 0) is 18.4 Å². The molecule has 0 bridgehead atoms. The normalized spacial score (nSPS) is 14.3. The number of amides is 1. The molecule has 0 aliphatic heterocycles. The number of nitrogens with zero attached hydrogens (tertiary/aromatic N) is 1. The molecule has 3 atom stereocenters. The quantitative estimate of drug-likeness (QED) is 0.0363. The van der Waals surface area contributed by atoms with E-state index in [1.807, 2.05) is 21.1 Å². The zero-order valence-electron chi connectivity index (χ0n) is 36.0. The first-order valence-corrected chi connectivity index (χ1v) is 24.3. The molecule has 1 amide bonds. The molecule has 53 heavy (non-hydrogen) atoms. The van der Waals surface area contributed by atoms with Crippen LogP contribution in [0.1, 0.15) is 226 Å². The maximum absolute atomic E-state index is 12.6. The molecule has 9 heteroatoms. The van der Waals surface area contributed by atoms with Crippen molar-refractivity contribution in [2.45, 2.75) is 238 Å². The van der Waals surface area contributed by atoms with Crippen LogP contribution >= 0.6 is 7.82 Å². The molecule has 0 aromatic heterocycles. The fourth-order valence-electron chi connectivity index (χ4n) is 6.92. The number of rotatable bonds is 42. The number of hydrogen-bond donors (Lipinski definition) is 2. The average Bonchev–Trinajstić information content (AvgIpc) is 3.10. The highest BCUT2D eigenvalue weighted by atomic mass is 31.2. The first-order valence-electron chi connectivity index (χ1n) is 22.9. The lowest BCUT2D eigenvalue weighted by atomic mass is 10.0. The fraction of sp³-hybridized carbons (Fsp3) is 0.977. The molecule has 0 rings (SSSR count). The van der Waals surface area contributed by atoms with Crippen LogP contribution in [0, 0.1) is 0 Å². The molecule has 318 valence electrons. The van der Waals surface area contributed by atoms with E-state index in [9.17, 15) is 19.4 Å². The average molecular weight is 775 g/mol. The number of aliphatic hydroxyl groups is 1. The van der Waals surface area contributed by atoms with Crippen molar-refractivity contribution in [2.24, 2.45) is 0 Å². The summed E-state index contributed by atoms with van der Waals surface area (Å²) in [5, 5.41) is 13.8.